The summed E-state index contributed by atoms with van der Waals surface area (Å²) in [4.78, 5) is 29.3. The second-order valence-electron chi connectivity index (χ2n) is 5.99. The van der Waals surface area contributed by atoms with Crippen LogP contribution in [0.1, 0.15) is 35.4 Å². The first-order valence-electron chi connectivity index (χ1n) is 8.28. The van der Waals surface area contributed by atoms with Gasteiger partial charge in [0.25, 0.3) is 5.91 Å². The summed E-state index contributed by atoms with van der Waals surface area (Å²) in [5.74, 6) is -0.799. The highest BCUT2D eigenvalue weighted by Gasteiger charge is 2.25. The Labute approximate surface area is 146 Å². The summed E-state index contributed by atoms with van der Waals surface area (Å²) in [5.41, 5.74) is 2.76. The third-order valence-corrected chi connectivity index (χ3v) is 4.22. The predicted octanol–water partition coefficient (Wildman–Crippen LogP) is 2.58. The van der Waals surface area contributed by atoms with Gasteiger partial charge in [0.2, 0.25) is 0 Å². The molecule has 0 unspecified atom stereocenters. The van der Waals surface area contributed by atoms with Gasteiger partial charge in [-0.25, -0.2) is 9.78 Å². The van der Waals surface area contributed by atoms with Crippen LogP contribution in [0.5, 0.6) is 0 Å². The lowest BCUT2D eigenvalue weighted by molar-refractivity contribution is -0.142. The molecule has 0 bridgehead atoms. The molecule has 3 rings (SSSR count). The zero-order chi connectivity index (χ0) is 17.8. The number of aromatic nitrogens is 2. The molecule has 0 saturated carbocycles. The predicted molar refractivity (Wildman–Crippen MR) is 94.3 cm³/mol. The van der Waals surface area contributed by atoms with Gasteiger partial charge in [0, 0.05) is 12.6 Å². The molecule has 0 saturated heterocycles. The van der Waals surface area contributed by atoms with Crippen LogP contribution in [0, 0.1) is 6.92 Å². The molecular weight excluding hydrogens is 318 g/mol. The van der Waals surface area contributed by atoms with Gasteiger partial charge in [-0.15, -0.1) is 0 Å². The quantitative estimate of drug-likeness (QED) is 0.850. The highest BCUT2D eigenvalue weighted by molar-refractivity contribution is 5.97. The van der Waals surface area contributed by atoms with Crippen LogP contribution in [0.3, 0.4) is 0 Å². The maximum absolute atomic E-state index is 12.8. The lowest BCUT2D eigenvalue weighted by Crippen LogP contribution is -2.42. The van der Waals surface area contributed by atoms with Gasteiger partial charge in [-0.3, -0.25) is 9.20 Å². The average Bonchev–Trinajstić information content (AvgIpc) is 2.97. The molecule has 130 valence electrons. The van der Waals surface area contributed by atoms with E-state index < -0.39 is 12.0 Å². The fraction of sp³-hybridized carbons (Fsp3) is 0.316. The number of ether oxygens (including phenoxy) is 1. The largest absolute Gasteiger partial charge is 0.467 e. The highest BCUT2D eigenvalue weighted by atomic mass is 16.5. The van der Waals surface area contributed by atoms with Gasteiger partial charge >= 0.3 is 5.97 Å². The number of carbonyl (C=O) groups is 2. The number of aryl methyl sites for hydroxylation is 1. The van der Waals surface area contributed by atoms with Crippen LogP contribution < -0.4 is 5.32 Å². The highest BCUT2D eigenvalue weighted by Crippen LogP contribution is 2.17. The van der Waals surface area contributed by atoms with E-state index in [1.807, 2.05) is 24.3 Å². The smallest absolute Gasteiger partial charge is 0.328 e. The maximum atomic E-state index is 12.8. The van der Waals surface area contributed by atoms with Crippen molar-refractivity contribution in [3.63, 3.8) is 0 Å². The molecule has 1 aliphatic rings. The zero-order valence-corrected chi connectivity index (χ0v) is 14.4. The summed E-state index contributed by atoms with van der Waals surface area (Å²) in [6.07, 6.45) is 10.3. The van der Waals surface area contributed by atoms with Crippen molar-refractivity contribution in [2.75, 3.05) is 7.11 Å². The molecular formula is C19H21N3O3. The summed E-state index contributed by atoms with van der Waals surface area (Å²) < 4.78 is 6.58. The van der Waals surface area contributed by atoms with Gasteiger partial charge < -0.3 is 10.1 Å². The van der Waals surface area contributed by atoms with Gasteiger partial charge in [-0.2, -0.15) is 0 Å². The van der Waals surface area contributed by atoms with Crippen molar-refractivity contribution in [3.8, 4) is 0 Å². The number of hydrogen-bond acceptors (Lipinski definition) is 4. The summed E-state index contributed by atoms with van der Waals surface area (Å²) in [6.45, 7) is 1.78. The van der Waals surface area contributed by atoms with Gasteiger partial charge in [-0.05, 0) is 37.5 Å². The Hall–Kier alpha value is -2.89. The molecule has 1 atom stereocenters. The number of methoxy groups -OCH3 is 1. The summed E-state index contributed by atoms with van der Waals surface area (Å²) in [6, 6.07) is 4.79. The van der Waals surface area contributed by atoms with E-state index in [-0.39, 0.29) is 5.91 Å². The third kappa shape index (κ3) is 3.63. The van der Waals surface area contributed by atoms with Crippen molar-refractivity contribution in [1.29, 1.82) is 0 Å². The number of pyridine rings is 1. The van der Waals surface area contributed by atoms with Crippen molar-refractivity contribution < 1.29 is 14.3 Å². The van der Waals surface area contributed by atoms with E-state index in [4.69, 9.17) is 4.74 Å². The minimum Gasteiger partial charge on any atom is -0.467 e. The first-order chi connectivity index (χ1) is 12.1. The number of esters is 1. The molecule has 1 N–H and O–H groups in total. The number of nitrogens with zero attached hydrogens (tertiary/aromatic N) is 2. The second-order valence-corrected chi connectivity index (χ2v) is 5.99. The van der Waals surface area contributed by atoms with Gasteiger partial charge in [0.05, 0.1) is 12.8 Å². The molecule has 6 heteroatoms. The Morgan fingerprint density at radius 2 is 2.20 bits per heavy atom. The third-order valence-electron chi connectivity index (χ3n) is 4.22. The first-order valence-corrected chi connectivity index (χ1v) is 8.28. The van der Waals surface area contributed by atoms with Crippen molar-refractivity contribution >= 4 is 17.5 Å². The van der Waals surface area contributed by atoms with Crippen LogP contribution in [0.25, 0.3) is 5.65 Å². The van der Waals surface area contributed by atoms with Gasteiger partial charge in [0.1, 0.15) is 17.4 Å². The Kier molecular flexibility index (Phi) is 4.97. The molecule has 2 heterocycles. The van der Waals surface area contributed by atoms with Crippen LogP contribution in [-0.2, 0) is 9.53 Å². The van der Waals surface area contributed by atoms with E-state index in [2.05, 4.69) is 22.5 Å². The number of hydrogen-bond donors (Lipinski definition) is 1. The lowest BCUT2D eigenvalue weighted by atomic mass is 10.00. The number of carbonyl (C=O) groups excluding carboxylic acids is 2. The number of allylic oxidation sites excluding steroid dienone is 3. The van der Waals surface area contributed by atoms with Crippen LogP contribution in [0.2, 0.25) is 0 Å². The summed E-state index contributed by atoms with van der Waals surface area (Å²) in [7, 11) is 1.33. The lowest BCUT2D eigenvalue weighted by Gasteiger charge is -2.18. The van der Waals surface area contributed by atoms with E-state index in [0.717, 1.165) is 18.4 Å². The van der Waals surface area contributed by atoms with Crippen molar-refractivity contribution in [2.45, 2.75) is 32.2 Å². The normalized spacial score (nSPS) is 14.9. The van der Waals surface area contributed by atoms with Crippen molar-refractivity contribution in [2.24, 2.45) is 0 Å². The van der Waals surface area contributed by atoms with Crippen molar-refractivity contribution in [3.05, 3.63) is 59.6 Å². The SMILES string of the molecule is COC(=O)[C@H](CC1=CCCC=C1)NC(=O)c1c(C)nc2ccccn12. The fourth-order valence-corrected chi connectivity index (χ4v) is 3.00. The minimum absolute atomic E-state index is 0.341. The fourth-order valence-electron chi connectivity index (χ4n) is 3.00. The Bertz CT molecular complexity index is 864. The monoisotopic (exact) mass is 339 g/mol. The van der Waals surface area contributed by atoms with E-state index in [9.17, 15) is 9.59 Å². The average molecular weight is 339 g/mol. The molecule has 0 radical (unpaired) electrons. The topological polar surface area (TPSA) is 72.7 Å². The number of imidazole rings is 1. The maximum Gasteiger partial charge on any atom is 0.328 e. The number of amides is 1. The Morgan fingerprint density at radius 1 is 1.36 bits per heavy atom. The molecule has 25 heavy (non-hydrogen) atoms. The molecule has 2 aromatic heterocycles. The number of nitrogens with one attached hydrogen (secondary N) is 1. The van der Waals surface area contributed by atoms with E-state index in [0.29, 0.717) is 23.5 Å². The van der Waals surface area contributed by atoms with Crippen LogP contribution in [0.4, 0.5) is 0 Å². The molecule has 0 spiro atoms. The minimum atomic E-state index is -0.736. The van der Waals surface area contributed by atoms with Crippen LogP contribution >= 0.6 is 0 Å². The molecule has 6 nitrogen and oxygen atoms in total. The first kappa shape index (κ1) is 17.0. The molecule has 0 fully saturated rings. The molecule has 0 aromatic carbocycles. The zero-order valence-electron chi connectivity index (χ0n) is 14.4. The van der Waals surface area contributed by atoms with E-state index >= 15 is 0 Å². The molecule has 0 aliphatic heterocycles. The van der Waals surface area contributed by atoms with E-state index in [1.54, 1.807) is 17.5 Å². The van der Waals surface area contributed by atoms with Crippen LogP contribution in [0.15, 0.2) is 48.2 Å². The Balaban J connectivity index is 1.84. The summed E-state index contributed by atoms with van der Waals surface area (Å²) in [5, 5.41) is 2.80. The standard InChI is InChI=1S/C19H21N3O3/c1-13-17(22-11-7-6-10-16(22)20-13)18(23)21-15(19(24)25-2)12-14-8-4-3-5-9-14/h4,6-11,15H,3,5,12H2,1-2H3,(H,21,23)/t15-/m0/s1. The van der Waals surface area contributed by atoms with Crippen molar-refractivity contribution in [1.82, 2.24) is 14.7 Å². The molecule has 1 amide bonds. The number of fused-ring (bicyclic) bond motifs is 1. The Morgan fingerprint density at radius 3 is 2.92 bits per heavy atom. The van der Waals surface area contributed by atoms with Crippen LogP contribution in [-0.4, -0.2) is 34.4 Å². The number of rotatable bonds is 5. The molecule has 1 aliphatic carbocycles. The van der Waals surface area contributed by atoms with E-state index in [1.165, 1.54) is 7.11 Å². The van der Waals surface area contributed by atoms with Gasteiger partial charge in [-0.1, -0.05) is 24.3 Å². The van der Waals surface area contributed by atoms with Gasteiger partial charge in [0.15, 0.2) is 0 Å². The second kappa shape index (κ2) is 7.34. The molecule has 2 aromatic rings. The summed E-state index contributed by atoms with van der Waals surface area (Å²) >= 11 is 0.